The Morgan fingerprint density at radius 1 is 0.818 bits per heavy atom. The molecule has 5 rings (SSSR count). The number of nitrogens with zero attached hydrogens (tertiary/aromatic N) is 3. The Bertz CT molecular complexity index is 1510. The Labute approximate surface area is 272 Å². The van der Waals surface area contributed by atoms with Crippen molar-refractivity contribution in [3.05, 3.63) is 58.5 Å². The first-order chi connectivity index (χ1) is 21.2. The van der Waals surface area contributed by atoms with Crippen molar-refractivity contribution >= 4 is 41.0 Å². The second-order valence-corrected chi connectivity index (χ2v) is 15.1. The molecule has 0 amide bonds. The van der Waals surface area contributed by atoms with Gasteiger partial charge in [0.05, 0.1) is 21.2 Å². The predicted octanol–water partition coefficient (Wildman–Crippen LogP) is 10.8. The van der Waals surface area contributed by atoms with Crippen LogP contribution in [0.5, 0.6) is 0 Å². The molecule has 3 heterocycles. The van der Waals surface area contributed by atoms with E-state index in [-0.39, 0.29) is 6.09 Å². The van der Waals surface area contributed by atoms with Gasteiger partial charge in [0.25, 0.3) is 0 Å². The summed E-state index contributed by atoms with van der Waals surface area (Å²) in [6, 6.07) is 13.3. The van der Waals surface area contributed by atoms with Crippen LogP contribution in [0.15, 0.2) is 66.0 Å². The number of ether oxygens (including phenoxy) is 1. The Hall–Kier alpha value is -2.51. The van der Waals surface area contributed by atoms with Gasteiger partial charge in [-0.3, -0.25) is 0 Å². The molecule has 7 heteroatoms. The maximum Gasteiger partial charge on any atom is 0.422 e. The van der Waals surface area contributed by atoms with Gasteiger partial charge in [0.15, 0.2) is 11.0 Å². The lowest BCUT2D eigenvalue weighted by Crippen LogP contribution is -2.41. The molecule has 2 aromatic carbocycles. The minimum absolute atomic E-state index is 0.379. The monoisotopic (exact) mass is 631 g/mol. The number of fused-ring (bicyclic) bond motifs is 5. The normalized spacial score (nSPS) is 14.5. The van der Waals surface area contributed by atoms with Crippen LogP contribution in [0.3, 0.4) is 0 Å². The van der Waals surface area contributed by atoms with Gasteiger partial charge < -0.3 is 4.74 Å². The van der Waals surface area contributed by atoms with Gasteiger partial charge in [0.2, 0.25) is 0 Å². The maximum atomic E-state index is 14.2. The van der Waals surface area contributed by atoms with Crippen molar-refractivity contribution in [2.24, 2.45) is 15.9 Å². The maximum absolute atomic E-state index is 14.2. The molecule has 0 spiro atoms. The molecule has 0 N–H and O–H groups in total. The number of carbonyl (C=O) groups excluding carboxylic acids is 1. The Balaban J connectivity index is 1.58. The van der Waals surface area contributed by atoms with Gasteiger partial charge in [-0.15, -0.1) is 0 Å². The summed E-state index contributed by atoms with van der Waals surface area (Å²) in [7, 11) is 0. The summed E-state index contributed by atoms with van der Waals surface area (Å²) in [5, 5.41) is 0. The summed E-state index contributed by atoms with van der Waals surface area (Å²) < 4.78 is 8.05. The van der Waals surface area contributed by atoms with Gasteiger partial charge in [0.1, 0.15) is 5.60 Å². The standard InChI is InChI=1S/C37H49N3O2S2/c1-7-10-12-16-26-18-20-30-28(23-26)38-34-32(43-30)33-35(39-29-24-27(17-13-11-8-2)19-21-31(29)44-33)40(34)36(41)42-37(6,9-3)22-14-15-25(4)5/h18-21,23-25H,7-17,22H2,1-6H3. The van der Waals surface area contributed by atoms with E-state index in [0.29, 0.717) is 16.9 Å². The van der Waals surface area contributed by atoms with Crippen molar-refractivity contribution in [2.45, 2.75) is 144 Å². The highest BCUT2D eigenvalue weighted by Gasteiger charge is 2.33. The number of carbonyl (C=O) groups is 1. The number of benzene rings is 2. The quantitative estimate of drug-likeness (QED) is 0.114. The fraction of sp³-hybridized carbons (Fsp3) is 0.541. The summed E-state index contributed by atoms with van der Waals surface area (Å²) in [4.78, 5) is 28.8. The number of hydrogen-bond donors (Lipinski definition) is 0. The van der Waals surface area contributed by atoms with Crippen molar-refractivity contribution in [3.63, 3.8) is 0 Å². The molecule has 2 aliphatic heterocycles. The first-order valence-corrected chi connectivity index (χ1v) is 18.5. The van der Waals surface area contributed by atoms with Crippen LogP contribution in [0.2, 0.25) is 0 Å². The largest absolute Gasteiger partial charge is 0.443 e. The molecule has 0 saturated carbocycles. The van der Waals surface area contributed by atoms with Gasteiger partial charge in [-0.1, -0.05) is 102 Å². The number of unbranched alkanes of at least 4 members (excludes halogenated alkanes) is 4. The second kappa shape index (κ2) is 14.7. The number of aromatic nitrogens is 1. The minimum Gasteiger partial charge on any atom is -0.443 e. The van der Waals surface area contributed by atoms with Gasteiger partial charge in [-0.2, -0.15) is 0 Å². The summed E-state index contributed by atoms with van der Waals surface area (Å²) in [6.45, 7) is 13.1. The Morgan fingerprint density at radius 3 is 1.80 bits per heavy atom. The van der Waals surface area contributed by atoms with Crippen LogP contribution in [0.1, 0.15) is 117 Å². The molecule has 1 atom stereocenters. The van der Waals surface area contributed by atoms with E-state index in [0.717, 1.165) is 69.5 Å². The summed E-state index contributed by atoms with van der Waals surface area (Å²) in [5.74, 6) is 0.626. The van der Waals surface area contributed by atoms with Crippen molar-refractivity contribution in [1.82, 2.24) is 4.57 Å². The third-order valence-corrected chi connectivity index (χ3v) is 11.3. The minimum atomic E-state index is -0.547. The molecule has 5 nitrogen and oxygen atoms in total. The molecule has 0 bridgehead atoms. The first-order valence-electron chi connectivity index (χ1n) is 16.8. The van der Waals surface area contributed by atoms with Crippen LogP contribution in [0.4, 0.5) is 16.2 Å². The fourth-order valence-electron chi connectivity index (χ4n) is 5.90. The molecule has 236 valence electrons. The lowest BCUT2D eigenvalue weighted by Gasteiger charge is -2.28. The van der Waals surface area contributed by atoms with Gasteiger partial charge in [-0.05, 0) is 93.2 Å². The van der Waals surface area contributed by atoms with E-state index in [1.54, 1.807) is 28.1 Å². The molecule has 3 aromatic rings. The van der Waals surface area contributed by atoms with Gasteiger partial charge >= 0.3 is 6.09 Å². The lowest BCUT2D eigenvalue weighted by molar-refractivity contribution is 0.0131. The van der Waals surface area contributed by atoms with Crippen LogP contribution in [-0.2, 0) is 17.6 Å². The summed E-state index contributed by atoms with van der Waals surface area (Å²) in [6.07, 6.45) is 12.6. The Kier molecular flexibility index (Phi) is 11.0. The molecular weight excluding hydrogens is 583 g/mol. The zero-order valence-corrected chi connectivity index (χ0v) is 29.1. The van der Waals surface area contributed by atoms with E-state index < -0.39 is 5.60 Å². The fourth-order valence-corrected chi connectivity index (χ4v) is 8.10. The Morgan fingerprint density at radius 2 is 1.34 bits per heavy atom. The third-order valence-electron chi connectivity index (χ3n) is 8.85. The van der Waals surface area contributed by atoms with Crippen LogP contribution < -0.4 is 11.0 Å². The van der Waals surface area contributed by atoms with E-state index in [2.05, 4.69) is 77.9 Å². The SMILES string of the molecule is CCCCCc1ccc2c(c1)N=c1c(c3c(n1C(=O)OC(C)(CC)CCCC(C)C)=Nc1cc(CCCCC)ccc1S3)S2. The number of rotatable bonds is 14. The highest BCUT2D eigenvalue weighted by Crippen LogP contribution is 2.45. The molecule has 0 fully saturated rings. The molecule has 0 aliphatic carbocycles. The molecular formula is C37H49N3O2S2. The number of aryl methyl sites for hydroxylation is 2. The zero-order chi connectivity index (χ0) is 31.3. The topological polar surface area (TPSA) is 56.0 Å². The summed E-state index contributed by atoms with van der Waals surface area (Å²) >= 11 is 3.40. The summed E-state index contributed by atoms with van der Waals surface area (Å²) in [5.41, 5.74) is 5.19. The number of hydrogen-bond acceptors (Lipinski definition) is 6. The third kappa shape index (κ3) is 7.47. The molecule has 1 unspecified atom stereocenters. The van der Waals surface area contributed by atoms with Crippen LogP contribution >= 0.6 is 23.5 Å². The predicted molar refractivity (Wildman–Crippen MR) is 183 cm³/mol. The van der Waals surface area contributed by atoms with Crippen molar-refractivity contribution in [2.75, 3.05) is 0 Å². The molecule has 44 heavy (non-hydrogen) atoms. The van der Waals surface area contributed by atoms with E-state index in [1.165, 1.54) is 49.7 Å². The van der Waals surface area contributed by atoms with Gasteiger partial charge in [0, 0.05) is 9.79 Å². The van der Waals surface area contributed by atoms with Crippen LogP contribution in [-0.4, -0.2) is 16.3 Å². The smallest absolute Gasteiger partial charge is 0.422 e. The van der Waals surface area contributed by atoms with E-state index in [1.807, 2.05) is 0 Å². The molecule has 1 aromatic heterocycles. The van der Waals surface area contributed by atoms with E-state index in [9.17, 15) is 4.79 Å². The van der Waals surface area contributed by atoms with Crippen LogP contribution in [0.25, 0.3) is 0 Å². The zero-order valence-electron chi connectivity index (χ0n) is 27.5. The van der Waals surface area contributed by atoms with Crippen molar-refractivity contribution in [3.8, 4) is 0 Å². The van der Waals surface area contributed by atoms with Crippen molar-refractivity contribution in [1.29, 1.82) is 0 Å². The molecule has 0 radical (unpaired) electrons. The first kappa shape index (κ1) is 32.9. The average Bonchev–Trinajstić information content (AvgIpc) is 3.30. The van der Waals surface area contributed by atoms with E-state index in [4.69, 9.17) is 14.7 Å². The lowest BCUT2D eigenvalue weighted by atomic mass is 9.93. The average molecular weight is 632 g/mol. The second-order valence-electron chi connectivity index (χ2n) is 13.0. The molecule has 2 aliphatic rings. The highest BCUT2D eigenvalue weighted by atomic mass is 32.2. The highest BCUT2D eigenvalue weighted by molar-refractivity contribution is 8.02. The van der Waals surface area contributed by atoms with E-state index >= 15 is 0 Å². The van der Waals surface area contributed by atoms with Crippen molar-refractivity contribution < 1.29 is 9.53 Å². The van der Waals surface area contributed by atoms with Crippen LogP contribution in [0, 0.1) is 5.92 Å². The van der Waals surface area contributed by atoms with Gasteiger partial charge in [-0.25, -0.2) is 19.3 Å². The molecule has 0 saturated heterocycles.